The quantitative estimate of drug-likeness (QED) is 0.612. The molecule has 0 aliphatic rings. The molecule has 0 aliphatic carbocycles. The van der Waals surface area contributed by atoms with Crippen LogP contribution in [0.1, 0.15) is 22.4 Å². The van der Waals surface area contributed by atoms with E-state index in [9.17, 15) is 39.5 Å². The fraction of sp³-hybridized carbons (Fsp3) is 0.357. The second-order valence-corrected chi connectivity index (χ2v) is 5.43. The highest BCUT2D eigenvalue weighted by atomic mass is 19.4. The van der Waals surface area contributed by atoms with E-state index in [0.717, 1.165) is 0 Å². The molecule has 0 atom stereocenters. The molecule has 0 amide bonds. The summed E-state index contributed by atoms with van der Waals surface area (Å²) in [6, 6.07) is 3.71. The Balaban J connectivity index is 2.68. The Morgan fingerprint density at radius 1 is 1.04 bits per heavy atom. The molecule has 0 saturated carbocycles. The normalized spacial score (nSPS) is 13.3. The lowest BCUT2D eigenvalue weighted by molar-refractivity contribution is -0.293. The average molecular weight is 391 g/mol. The second-order valence-electron chi connectivity index (χ2n) is 5.43. The number of aryl methyl sites for hydroxylation is 1. The minimum atomic E-state index is -6.38. The molecule has 0 bridgehead atoms. The highest BCUT2D eigenvalue weighted by Gasteiger charge is 2.64. The van der Waals surface area contributed by atoms with Crippen molar-refractivity contribution in [1.82, 2.24) is 9.78 Å². The van der Waals surface area contributed by atoms with Crippen LogP contribution in [-0.4, -0.2) is 16.0 Å². The summed E-state index contributed by atoms with van der Waals surface area (Å²) in [6.45, 7) is 0.532. The van der Waals surface area contributed by atoms with Crippen LogP contribution < -0.4 is 5.73 Å². The summed E-state index contributed by atoms with van der Waals surface area (Å²) in [4.78, 5) is 0. The lowest BCUT2D eigenvalue weighted by atomic mass is 10.1. The number of benzene rings is 1. The molecule has 2 aromatic rings. The minimum Gasteiger partial charge on any atom is -0.399 e. The van der Waals surface area contributed by atoms with Crippen LogP contribution in [-0.2, 0) is 18.6 Å². The minimum absolute atomic E-state index is 0.00662. The zero-order valence-corrected chi connectivity index (χ0v) is 12.8. The fourth-order valence-electron chi connectivity index (χ4n) is 2.26. The maximum atomic E-state index is 13.7. The second kappa shape index (κ2) is 6.09. The van der Waals surface area contributed by atoms with Crippen LogP contribution in [0.3, 0.4) is 0 Å². The van der Waals surface area contributed by atoms with Gasteiger partial charge in [-0.05, 0) is 24.1 Å². The lowest BCUT2D eigenvalue weighted by Crippen LogP contribution is -2.38. The van der Waals surface area contributed by atoms with Crippen molar-refractivity contribution >= 4 is 5.69 Å². The monoisotopic (exact) mass is 391 g/mol. The van der Waals surface area contributed by atoms with Gasteiger partial charge >= 0.3 is 18.3 Å². The maximum absolute atomic E-state index is 13.7. The predicted molar refractivity (Wildman–Crippen MR) is 71.8 cm³/mol. The van der Waals surface area contributed by atoms with Crippen molar-refractivity contribution in [2.24, 2.45) is 0 Å². The molecule has 0 unspecified atom stereocenters. The zero-order chi connectivity index (χ0) is 20.1. The first-order valence-electron chi connectivity index (χ1n) is 6.79. The number of nitrogens with zero attached hydrogens (tertiary/aromatic N) is 2. The van der Waals surface area contributed by atoms with Crippen molar-refractivity contribution in [2.75, 3.05) is 5.73 Å². The van der Waals surface area contributed by atoms with Gasteiger partial charge in [0.2, 0.25) is 5.95 Å². The van der Waals surface area contributed by atoms with E-state index in [2.05, 4.69) is 5.10 Å². The molecule has 144 valence electrons. The SMILES string of the molecule is Cc1cc(Cn2nc(F)c(C(F)(F)F)c2C(F)(F)C(F)(F)F)ccc1N. The van der Waals surface area contributed by atoms with Gasteiger partial charge in [0.15, 0.2) is 0 Å². The highest BCUT2D eigenvalue weighted by Crippen LogP contribution is 2.49. The summed E-state index contributed by atoms with van der Waals surface area (Å²) in [5.74, 6) is -8.44. The molecule has 0 spiro atoms. The Labute approximate surface area is 140 Å². The average Bonchev–Trinajstić information content (AvgIpc) is 2.78. The number of anilines is 1. The van der Waals surface area contributed by atoms with Crippen LogP contribution in [0.15, 0.2) is 18.2 Å². The van der Waals surface area contributed by atoms with Gasteiger partial charge in [-0.3, -0.25) is 4.68 Å². The highest BCUT2D eigenvalue weighted by molar-refractivity contribution is 5.47. The van der Waals surface area contributed by atoms with Crippen molar-refractivity contribution < 1.29 is 39.5 Å². The summed E-state index contributed by atoms with van der Waals surface area (Å²) in [6.07, 6.45) is -12.2. The van der Waals surface area contributed by atoms with Crippen molar-refractivity contribution in [2.45, 2.75) is 31.7 Å². The van der Waals surface area contributed by atoms with Gasteiger partial charge < -0.3 is 5.73 Å². The predicted octanol–water partition coefficient (Wildman–Crippen LogP) is 4.63. The molecular formula is C14H10F9N3. The topological polar surface area (TPSA) is 43.8 Å². The first-order chi connectivity index (χ1) is 11.7. The Morgan fingerprint density at radius 3 is 2.08 bits per heavy atom. The molecule has 3 nitrogen and oxygen atoms in total. The number of alkyl halides is 8. The molecule has 0 saturated heterocycles. The Kier molecular flexibility index (Phi) is 4.67. The van der Waals surface area contributed by atoms with Crippen molar-refractivity contribution in [3.8, 4) is 0 Å². The standard InChI is InChI=1S/C14H10F9N3/c1-6-4-7(2-3-8(6)24)5-26-10(12(16,17)14(21,22)23)9(11(15)25-26)13(18,19)20/h2-4H,5,24H2,1H3. The Morgan fingerprint density at radius 2 is 1.62 bits per heavy atom. The van der Waals surface area contributed by atoms with E-state index < -0.39 is 42.0 Å². The van der Waals surface area contributed by atoms with Crippen LogP contribution in [0.5, 0.6) is 0 Å². The van der Waals surface area contributed by atoms with Gasteiger partial charge in [-0.1, -0.05) is 12.1 Å². The van der Waals surface area contributed by atoms with Crippen LogP contribution in [0.2, 0.25) is 0 Å². The van der Waals surface area contributed by atoms with Gasteiger partial charge in [0.1, 0.15) is 11.3 Å². The molecule has 2 N–H and O–H groups in total. The molecular weight excluding hydrogens is 381 g/mol. The van der Waals surface area contributed by atoms with Crippen LogP contribution in [0, 0.1) is 12.9 Å². The molecule has 12 heteroatoms. The van der Waals surface area contributed by atoms with Gasteiger partial charge in [0.25, 0.3) is 0 Å². The van der Waals surface area contributed by atoms with E-state index in [-0.39, 0.29) is 15.9 Å². The molecule has 0 fully saturated rings. The van der Waals surface area contributed by atoms with Crippen LogP contribution in [0.4, 0.5) is 45.2 Å². The molecule has 0 aliphatic heterocycles. The number of nitrogens with two attached hydrogens (primary N) is 1. The van der Waals surface area contributed by atoms with E-state index in [4.69, 9.17) is 5.73 Å². The van der Waals surface area contributed by atoms with Gasteiger partial charge in [-0.25, -0.2) is 0 Å². The van der Waals surface area contributed by atoms with Crippen molar-refractivity contribution in [1.29, 1.82) is 0 Å². The maximum Gasteiger partial charge on any atom is 0.459 e. The first-order valence-corrected chi connectivity index (χ1v) is 6.79. The van der Waals surface area contributed by atoms with Crippen LogP contribution >= 0.6 is 0 Å². The van der Waals surface area contributed by atoms with E-state index in [0.29, 0.717) is 5.56 Å². The third kappa shape index (κ3) is 3.44. The van der Waals surface area contributed by atoms with E-state index in [1.165, 1.54) is 25.1 Å². The number of hydrogen-bond donors (Lipinski definition) is 1. The first kappa shape index (κ1) is 19.9. The Bertz CT molecular complexity index is 818. The fourth-order valence-corrected chi connectivity index (χ4v) is 2.26. The summed E-state index contributed by atoms with van der Waals surface area (Å²) in [7, 11) is 0. The number of nitrogen functional groups attached to an aromatic ring is 1. The lowest BCUT2D eigenvalue weighted by Gasteiger charge is -2.22. The molecule has 1 aromatic carbocycles. The molecule has 26 heavy (non-hydrogen) atoms. The smallest absolute Gasteiger partial charge is 0.399 e. The number of halogens is 9. The van der Waals surface area contributed by atoms with E-state index in [1.54, 1.807) is 0 Å². The molecule has 0 radical (unpaired) electrons. The number of hydrogen-bond acceptors (Lipinski definition) is 2. The zero-order valence-electron chi connectivity index (χ0n) is 12.8. The molecule has 1 heterocycles. The van der Waals surface area contributed by atoms with Crippen LogP contribution in [0.25, 0.3) is 0 Å². The third-order valence-corrected chi connectivity index (χ3v) is 3.51. The van der Waals surface area contributed by atoms with Gasteiger partial charge in [0.05, 0.1) is 6.54 Å². The van der Waals surface area contributed by atoms with Gasteiger partial charge in [-0.2, -0.15) is 39.5 Å². The largest absolute Gasteiger partial charge is 0.459 e. The van der Waals surface area contributed by atoms with Crippen molar-refractivity contribution in [3.63, 3.8) is 0 Å². The summed E-state index contributed by atoms with van der Waals surface area (Å²) < 4.78 is 117. The van der Waals surface area contributed by atoms with Crippen molar-refractivity contribution in [3.05, 3.63) is 46.5 Å². The summed E-state index contributed by atoms with van der Waals surface area (Å²) in [5, 5.41) is 2.62. The van der Waals surface area contributed by atoms with E-state index in [1.807, 2.05) is 0 Å². The van der Waals surface area contributed by atoms with E-state index >= 15 is 0 Å². The van der Waals surface area contributed by atoms with Gasteiger partial charge in [0, 0.05) is 5.69 Å². The number of aromatic nitrogens is 2. The molecule has 1 aromatic heterocycles. The summed E-state index contributed by atoms with van der Waals surface area (Å²) >= 11 is 0. The number of rotatable bonds is 3. The third-order valence-electron chi connectivity index (χ3n) is 3.51. The Hall–Kier alpha value is -2.40. The summed E-state index contributed by atoms with van der Waals surface area (Å²) in [5.41, 5.74) is 0.826. The van der Waals surface area contributed by atoms with Gasteiger partial charge in [-0.15, -0.1) is 5.10 Å². The molecule has 2 rings (SSSR count).